The van der Waals surface area contributed by atoms with E-state index < -0.39 is 0 Å². The van der Waals surface area contributed by atoms with Gasteiger partial charge < -0.3 is 5.32 Å². The molecular formula is C10H10Cl3N. The number of benzene rings is 1. The third kappa shape index (κ3) is 3.09. The van der Waals surface area contributed by atoms with Gasteiger partial charge in [-0.3, -0.25) is 0 Å². The Morgan fingerprint density at radius 2 is 2.21 bits per heavy atom. The highest BCUT2D eigenvalue weighted by atomic mass is 35.5. The van der Waals surface area contributed by atoms with Crippen LogP contribution in [0.5, 0.6) is 0 Å². The lowest BCUT2D eigenvalue weighted by atomic mass is 10.2. The minimum absolute atomic E-state index is 0.506. The lowest BCUT2D eigenvalue weighted by Crippen LogP contribution is -2.02. The van der Waals surface area contributed by atoms with Crippen LogP contribution in [-0.2, 0) is 0 Å². The number of anilines is 1. The predicted octanol–water partition coefficient (Wildman–Crippen LogP) is 4.38. The van der Waals surface area contributed by atoms with Crippen LogP contribution in [0.3, 0.4) is 0 Å². The molecule has 1 aromatic rings. The molecule has 0 bridgehead atoms. The summed E-state index contributed by atoms with van der Waals surface area (Å²) in [5, 5.41) is 4.43. The van der Waals surface area contributed by atoms with Crippen molar-refractivity contribution in [2.45, 2.75) is 6.92 Å². The normalized spacial score (nSPS) is 11.6. The van der Waals surface area contributed by atoms with E-state index in [9.17, 15) is 0 Å². The van der Waals surface area contributed by atoms with Gasteiger partial charge in [-0.15, -0.1) is 0 Å². The molecule has 14 heavy (non-hydrogen) atoms. The molecule has 0 spiro atoms. The van der Waals surface area contributed by atoms with E-state index in [1.54, 1.807) is 0 Å². The van der Waals surface area contributed by atoms with Crippen molar-refractivity contribution in [3.05, 3.63) is 39.4 Å². The van der Waals surface area contributed by atoms with Crippen LogP contribution in [0.2, 0.25) is 5.02 Å². The van der Waals surface area contributed by atoms with Gasteiger partial charge in [0, 0.05) is 21.3 Å². The highest BCUT2D eigenvalue weighted by Crippen LogP contribution is 2.23. The molecule has 0 heterocycles. The summed E-state index contributed by atoms with van der Waals surface area (Å²) in [5.41, 5.74) is 3.32. The van der Waals surface area contributed by atoms with Gasteiger partial charge in [0.2, 0.25) is 0 Å². The molecule has 0 aliphatic rings. The van der Waals surface area contributed by atoms with Crippen LogP contribution in [0.4, 0.5) is 5.69 Å². The Balaban J connectivity index is 2.73. The number of rotatable bonds is 3. The van der Waals surface area contributed by atoms with Crippen molar-refractivity contribution in [2.24, 2.45) is 0 Å². The van der Waals surface area contributed by atoms with Crippen molar-refractivity contribution >= 4 is 40.5 Å². The first kappa shape index (κ1) is 11.7. The van der Waals surface area contributed by atoms with Gasteiger partial charge in [0.1, 0.15) is 0 Å². The molecule has 0 saturated heterocycles. The molecule has 0 radical (unpaired) electrons. The molecule has 1 nitrogen and oxygen atoms in total. The average molecular weight is 251 g/mol. The van der Waals surface area contributed by atoms with Crippen LogP contribution in [0.15, 0.2) is 28.8 Å². The van der Waals surface area contributed by atoms with E-state index in [1.165, 1.54) is 5.54 Å². The summed E-state index contributed by atoms with van der Waals surface area (Å²) >= 11 is 17.1. The van der Waals surface area contributed by atoms with Crippen LogP contribution < -0.4 is 5.32 Å². The van der Waals surface area contributed by atoms with Gasteiger partial charge in [-0.05, 0) is 24.6 Å². The molecule has 1 rings (SSSR count). The Labute approximate surface area is 98.7 Å². The first-order valence-corrected chi connectivity index (χ1v) is 5.28. The zero-order valence-electron chi connectivity index (χ0n) is 7.65. The minimum Gasteiger partial charge on any atom is -0.380 e. The van der Waals surface area contributed by atoms with E-state index in [4.69, 9.17) is 34.8 Å². The van der Waals surface area contributed by atoms with Crippen LogP contribution in [-0.4, -0.2) is 6.54 Å². The Morgan fingerprint density at radius 3 is 2.86 bits per heavy atom. The Kier molecular flexibility index (Phi) is 4.59. The molecule has 0 amide bonds. The van der Waals surface area contributed by atoms with Gasteiger partial charge in [-0.2, -0.15) is 0 Å². The second-order valence-electron chi connectivity index (χ2n) is 2.82. The summed E-state index contributed by atoms with van der Waals surface area (Å²) in [7, 11) is 0. The number of hydrogen-bond donors (Lipinski definition) is 1. The Hall–Kier alpha value is -0.370. The molecular weight excluding hydrogens is 240 g/mol. The summed E-state index contributed by atoms with van der Waals surface area (Å²) in [6.45, 7) is 2.45. The fourth-order valence-corrected chi connectivity index (χ4v) is 1.34. The van der Waals surface area contributed by atoms with E-state index >= 15 is 0 Å². The van der Waals surface area contributed by atoms with E-state index in [0.29, 0.717) is 11.6 Å². The van der Waals surface area contributed by atoms with E-state index in [1.807, 2.05) is 25.1 Å². The molecule has 0 atom stereocenters. The predicted molar refractivity (Wildman–Crippen MR) is 64.5 cm³/mol. The monoisotopic (exact) mass is 249 g/mol. The quantitative estimate of drug-likeness (QED) is 0.839. The molecule has 0 aliphatic heterocycles. The summed E-state index contributed by atoms with van der Waals surface area (Å²) in [5.74, 6) is 0. The van der Waals surface area contributed by atoms with E-state index in [0.717, 1.165) is 16.3 Å². The zero-order chi connectivity index (χ0) is 10.6. The van der Waals surface area contributed by atoms with Crippen molar-refractivity contribution < 1.29 is 0 Å². The molecule has 0 saturated carbocycles. The lowest BCUT2D eigenvalue weighted by Gasteiger charge is -2.09. The van der Waals surface area contributed by atoms with Gasteiger partial charge in [-0.1, -0.05) is 40.9 Å². The number of nitrogens with one attached hydrogen (secondary N) is 1. The smallest absolute Gasteiger partial charge is 0.0516 e. The lowest BCUT2D eigenvalue weighted by molar-refractivity contribution is 1.28. The molecule has 0 fully saturated rings. The molecule has 1 aromatic carbocycles. The topological polar surface area (TPSA) is 12.0 Å². The molecule has 4 heteroatoms. The SMILES string of the molecule is Cc1c(Cl)cccc1NCC(Cl)=CCl. The maximum absolute atomic E-state index is 5.95. The summed E-state index contributed by atoms with van der Waals surface area (Å²) < 4.78 is 0. The van der Waals surface area contributed by atoms with Crippen LogP contribution in [0.1, 0.15) is 5.56 Å². The average Bonchev–Trinajstić information content (AvgIpc) is 2.20. The summed E-state index contributed by atoms with van der Waals surface area (Å²) in [6, 6.07) is 5.68. The van der Waals surface area contributed by atoms with Gasteiger partial charge in [0.25, 0.3) is 0 Å². The maximum Gasteiger partial charge on any atom is 0.0516 e. The number of halogens is 3. The molecule has 0 aromatic heterocycles. The fourth-order valence-electron chi connectivity index (χ4n) is 1.02. The van der Waals surface area contributed by atoms with Gasteiger partial charge >= 0.3 is 0 Å². The van der Waals surface area contributed by atoms with Crippen LogP contribution in [0.25, 0.3) is 0 Å². The van der Waals surface area contributed by atoms with E-state index in [2.05, 4.69) is 5.32 Å². The maximum atomic E-state index is 5.95. The largest absolute Gasteiger partial charge is 0.380 e. The Bertz CT molecular complexity index is 347. The van der Waals surface area contributed by atoms with Gasteiger partial charge in [0.15, 0.2) is 0 Å². The van der Waals surface area contributed by atoms with Crippen LogP contribution >= 0.6 is 34.8 Å². The van der Waals surface area contributed by atoms with E-state index in [-0.39, 0.29) is 0 Å². The zero-order valence-corrected chi connectivity index (χ0v) is 9.92. The molecule has 0 unspecified atom stereocenters. The third-order valence-electron chi connectivity index (χ3n) is 1.83. The first-order valence-electron chi connectivity index (χ1n) is 4.09. The van der Waals surface area contributed by atoms with Crippen molar-refractivity contribution in [2.75, 3.05) is 11.9 Å². The second kappa shape index (κ2) is 5.50. The Morgan fingerprint density at radius 1 is 1.50 bits per heavy atom. The summed E-state index contributed by atoms with van der Waals surface area (Å²) in [4.78, 5) is 0. The van der Waals surface area contributed by atoms with Gasteiger partial charge in [0.05, 0.1) is 6.54 Å². The fraction of sp³-hybridized carbons (Fsp3) is 0.200. The number of hydrogen-bond acceptors (Lipinski definition) is 1. The van der Waals surface area contributed by atoms with Crippen molar-refractivity contribution in [1.29, 1.82) is 0 Å². The van der Waals surface area contributed by atoms with Crippen molar-refractivity contribution in [1.82, 2.24) is 0 Å². The van der Waals surface area contributed by atoms with Crippen molar-refractivity contribution in [3.63, 3.8) is 0 Å². The molecule has 0 aliphatic carbocycles. The molecule has 76 valence electrons. The van der Waals surface area contributed by atoms with Crippen LogP contribution in [0, 0.1) is 6.92 Å². The third-order valence-corrected chi connectivity index (χ3v) is 2.86. The minimum atomic E-state index is 0.506. The standard InChI is InChI=1S/C10H10Cl3N/c1-7-9(13)3-2-4-10(7)14-6-8(12)5-11/h2-5,14H,6H2,1H3. The van der Waals surface area contributed by atoms with Crippen molar-refractivity contribution in [3.8, 4) is 0 Å². The van der Waals surface area contributed by atoms with Gasteiger partial charge in [-0.25, -0.2) is 0 Å². The molecule has 1 N–H and O–H groups in total. The second-order valence-corrected chi connectivity index (χ2v) is 3.93. The highest BCUT2D eigenvalue weighted by Gasteiger charge is 2.01. The first-order chi connectivity index (χ1) is 6.65. The summed E-state index contributed by atoms with van der Waals surface area (Å²) in [6.07, 6.45) is 0. The highest BCUT2D eigenvalue weighted by molar-refractivity contribution is 6.36.